The molecule has 0 spiro atoms. The highest BCUT2D eigenvalue weighted by atomic mass is 35.5. The van der Waals surface area contributed by atoms with Gasteiger partial charge in [0.25, 0.3) is 0 Å². The average molecular weight is 258 g/mol. The van der Waals surface area contributed by atoms with Crippen LogP contribution in [0.25, 0.3) is 0 Å². The molecule has 1 aliphatic heterocycles. The summed E-state index contributed by atoms with van der Waals surface area (Å²) in [5.41, 5.74) is 2.46. The van der Waals surface area contributed by atoms with E-state index in [1.165, 1.54) is 11.1 Å². The van der Waals surface area contributed by atoms with Gasteiger partial charge in [0.05, 0.1) is 6.04 Å². The number of hydrogen-bond acceptors (Lipinski definition) is 1. The summed E-state index contributed by atoms with van der Waals surface area (Å²) in [5, 5.41) is 0. The summed E-state index contributed by atoms with van der Waals surface area (Å²) in [5.74, 6) is 0. The number of benzene rings is 1. The van der Waals surface area contributed by atoms with Crippen LogP contribution in [0.3, 0.4) is 0 Å². The zero-order valence-electron chi connectivity index (χ0n) is 9.87. The Kier molecular flexibility index (Phi) is 3.22. The van der Waals surface area contributed by atoms with Gasteiger partial charge in [0.1, 0.15) is 4.33 Å². The van der Waals surface area contributed by atoms with Gasteiger partial charge >= 0.3 is 0 Å². The van der Waals surface area contributed by atoms with Crippen molar-refractivity contribution in [1.82, 2.24) is 4.90 Å². The molecule has 16 heavy (non-hydrogen) atoms. The molecule has 1 unspecified atom stereocenters. The maximum Gasteiger partial charge on any atom is 0.150 e. The summed E-state index contributed by atoms with van der Waals surface area (Å²) >= 11 is 12.6. The van der Waals surface area contributed by atoms with Gasteiger partial charge in [-0.25, -0.2) is 0 Å². The molecule has 1 aliphatic rings. The van der Waals surface area contributed by atoms with Crippen molar-refractivity contribution in [1.29, 1.82) is 0 Å². The van der Waals surface area contributed by atoms with Crippen molar-refractivity contribution in [3.05, 3.63) is 35.4 Å². The molecule has 1 nitrogen and oxygen atoms in total. The van der Waals surface area contributed by atoms with E-state index in [1.807, 2.05) is 0 Å². The molecule has 0 saturated carbocycles. The molecule has 1 heterocycles. The lowest BCUT2D eigenvalue weighted by atomic mass is 9.91. The maximum absolute atomic E-state index is 6.31. The van der Waals surface area contributed by atoms with Crippen LogP contribution in [0.2, 0.25) is 0 Å². The van der Waals surface area contributed by atoms with E-state index in [4.69, 9.17) is 23.2 Å². The molecule has 1 fully saturated rings. The number of rotatable bonds is 2. The first-order chi connectivity index (χ1) is 7.42. The van der Waals surface area contributed by atoms with Crippen LogP contribution in [0, 0.1) is 6.92 Å². The Balaban J connectivity index is 2.26. The fourth-order valence-corrected chi connectivity index (χ4v) is 2.99. The van der Waals surface area contributed by atoms with Crippen molar-refractivity contribution in [3.63, 3.8) is 0 Å². The number of likely N-dealkylation sites (tertiary alicyclic amines) is 1. The van der Waals surface area contributed by atoms with Gasteiger partial charge in [-0.15, -0.1) is 0 Å². The predicted molar refractivity (Wildman–Crippen MR) is 70.2 cm³/mol. The van der Waals surface area contributed by atoms with E-state index in [-0.39, 0.29) is 6.04 Å². The Labute approximate surface area is 107 Å². The minimum atomic E-state index is -0.639. The van der Waals surface area contributed by atoms with Gasteiger partial charge in [-0.2, -0.15) is 0 Å². The first-order valence-corrected chi connectivity index (χ1v) is 6.37. The van der Waals surface area contributed by atoms with Gasteiger partial charge in [-0.3, -0.25) is 4.90 Å². The third-order valence-corrected chi connectivity index (χ3v) is 3.83. The van der Waals surface area contributed by atoms with Crippen LogP contribution in [0.15, 0.2) is 24.3 Å². The van der Waals surface area contributed by atoms with Gasteiger partial charge < -0.3 is 0 Å². The second-order valence-electron chi connectivity index (χ2n) is 4.84. The van der Waals surface area contributed by atoms with Gasteiger partial charge in [0, 0.05) is 12.6 Å². The number of aryl methyl sites for hydroxylation is 1. The molecule has 88 valence electrons. The molecule has 0 amide bonds. The zero-order valence-corrected chi connectivity index (χ0v) is 11.4. The molecule has 1 aromatic carbocycles. The van der Waals surface area contributed by atoms with Gasteiger partial charge in [0.15, 0.2) is 0 Å². The van der Waals surface area contributed by atoms with Crippen molar-refractivity contribution < 1.29 is 0 Å². The molecule has 0 radical (unpaired) electrons. The van der Waals surface area contributed by atoms with Crippen LogP contribution in [0.4, 0.5) is 0 Å². The third-order valence-electron chi connectivity index (χ3n) is 3.18. The van der Waals surface area contributed by atoms with Crippen molar-refractivity contribution in [2.45, 2.75) is 37.2 Å². The average Bonchev–Trinajstić information content (AvgIpc) is 2.18. The molecule has 0 bridgehead atoms. The van der Waals surface area contributed by atoms with Gasteiger partial charge in [-0.05, 0) is 26.3 Å². The summed E-state index contributed by atoms with van der Waals surface area (Å²) in [4.78, 5) is 2.32. The molecule has 1 saturated heterocycles. The Bertz CT molecular complexity index is 370. The zero-order chi connectivity index (χ0) is 11.9. The van der Waals surface area contributed by atoms with E-state index in [1.54, 1.807) is 0 Å². The quantitative estimate of drug-likeness (QED) is 0.726. The Morgan fingerprint density at radius 3 is 2.25 bits per heavy atom. The van der Waals surface area contributed by atoms with Gasteiger partial charge in [-0.1, -0.05) is 53.0 Å². The second kappa shape index (κ2) is 4.21. The normalized spacial score (nSPS) is 24.5. The SMILES string of the molecule is Cc1ccc(C2N(C(C)C)CC2(Cl)Cl)cc1. The topological polar surface area (TPSA) is 3.24 Å². The molecule has 2 rings (SSSR count). The van der Waals surface area contributed by atoms with Crippen LogP contribution in [-0.2, 0) is 0 Å². The van der Waals surface area contributed by atoms with Crippen LogP contribution in [-0.4, -0.2) is 21.8 Å². The molecule has 1 aromatic rings. The fourth-order valence-electron chi connectivity index (χ4n) is 2.22. The minimum Gasteiger partial charge on any atom is -0.288 e. The first-order valence-electron chi connectivity index (χ1n) is 5.62. The number of nitrogens with zero attached hydrogens (tertiary/aromatic N) is 1. The molecular formula is C13H17Cl2N. The highest BCUT2D eigenvalue weighted by molar-refractivity contribution is 6.49. The van der Waals surface area contributed by atoms with Gasteiger partial charge in [0.2, 0.25) is 0 Å². The molecular weight excluding hydrogens is 241 g/mol. The van der Waals surface area contributed by atoms with E-state index in [0.29, 0.717) is 6.04 Å². The van der Waals surface area contributed by atoms with Crippen LogP contribution >= 0.6 is 23.2 Å². The van der Waals surface area contributed by atoms with Crippen molar-refractivity contribution in [3.8, 4) is 0 Å². The Morgan fingerprint density at radius 2 is 1.81 bits per heavy atom. The minimum absolute atomic E-state index is 0.122. The fraction of sp³-hybridized carbons (Fsp3) is 0.538. The lowest BCUT2D eigenvalue weighted by Gasteiger charge is -2.53. The molecule has 0 aliphatic carbocycles. The highest BCUT2D eigenvalue weighted by Gasteiger charge is 2.51. The third kappa shape index (κ3) is 2.09. The number of hydrogen-bond donors (Lipinski definition) is 0. The van der Waals surface area contributed by atoms with Crippen LogP contribution in [0.1, 0.15) is 31.0 Å². The number of halogens is 2. The lowest BCUT2D eigenvalue weighted by Crippen LogP contribution is -2.59. The molecule has 0 N–H and O–H groups in total. The lowest BCUT2D eigenvalue weighted by molar-refractivity contribution is 0.0434. The summed E-state index contributed by atoms with van der Waals surface area (Å²) in [7, 11) is 0. The van der Waals surface area contributed by atoms with E-state index in [9.17, 15) is 0 Å². The highest BCUT2D eigenvalue weighted by Crippen LogP contribution is 2.50. The second-order valence-corrected chi connectivity index (χ2v) is 6.38. The smallest absolute Gasteiger partial charge is 0.150 e. The summed E-state index contributed by atoms with van der Waals surface area (Å²) in [6.07, 6.45) is 0. The Morgan fingerprint density at radius 1 is 1.25 bits per heavy atom. The maximum atomic E-state index is 6.31. The Hall–Kier alpha value is -0.240. The largest absolute Gasteiger partial charge is 0.288 e. The number of alkyl halides is 2. The standard InChI is InChI=1S/C13H17Cl2N/c1-9(2)16-8-13(14,15)12(16)11-6-4-10(3)5-7-11/h4-7,9,12H,8H2,1-3H3. The van der Waals surface area contributed by atoms with E-state index in [2.05, 4.69) is 49.9 Å². The summed E-state index contributed by atoms with van der Waals surface area (Å²) in [6, 6.07) is 9.04. The molecule has 3 heteroatoms. The van der Waals surface area contributed by atoms with Crippen LogP contribution < -0.4 is 0 Å². The van der Waals surface area contributed by atoms with E-state index in [0.717, 1.165) is 6.54 Å². The van der Waals surface area contributed by atoms with E-state index >= 15 is 0 Å². The van der Waals surface area contributed by atoms with Crippen LogP contribution in [0.5, 0.6) is 0 Å². The summed E-state index contributed by atoms with van der Waals surface area (Å²) in [6.45, 7) is 7.17. The molecule has 0 aromatic heterocycles. The monoisotopic (exact) mass is 257 g/mol. The summed E-state index contributed by atoms with van der Waals surface area (Å²) < 4.78 is -0.639. The van der Waals surface area contributed by atoms with E-state index < -0.39 is 4.33 Å². The van der Waals surface area contributed by atoms with Crippen molar-refractivity contribution in [2.24, 2.45) is 0 Å². The van der Waals surface area contributed by atoms with Crippen molar-refractivity contribution in [2.75, 3.05) is 6.54 Å². The van der Waals surface area contributed by atoms with Crippen molar-refractivity contribution >= 4 is 23.2 Å². The molecule has 1 atom stereocenters. The first kappa shape index (κ1) is 12.2. The predicted octanol–water partition coefficient (Wildman–Crippen LogP) is 3.93.